The summed E-state index contributed by atoms with van der Waals surface area (Å²) in [5.74, 6) is -1.48. The third-order valence-corrected chi connectivity index (χ3v) is 2.30. The van der Waals surface area contributed by atoms with Gasteiger partial charge in [-0.05, 0) is 19.1 Å². The molecule has 1 atom stereocenters. The number of nitrogens with one attached hydrogen (secondary N) is 2. The zero-order valence-corrected chi connectivity index (χ0v) is 10.1. The number of carbonyl (C=O) groups excluding carboxylic acids is 1. The van der Waals surface area contributed by atoms with E-state index in [9.17, 15) is 19.7 Å². The van der Waals surface area contributed by atoms with Crippen LogP contribution in [0, 0.1) is 10.1 Å². The van der Waals surface area contributed by atoms with Crippen LogP contribution in [-0.2, 0) is 9.59 Å². The van der Waals surface area contributed by atoms with E-state index >= 15 is 0 Å². The van der Waals surface area contributed by atoms with Crippen LogP contribution in [-0.4, -0.2) is 34.5 Å². The number of hydrogen-bond donors (Lipinski definition) is 3. The second kappa shape index (κ2) is 6.45. The summed E-state index contributed by atoms with van der Waals surface area (Å²) in [6.07, 6.45) is 0. The van der Waals surface area contributed by atoms with E-state index < -0.39 is 22.8 Å². The smallest absolute Gasteiger partial charge is 0.320 e. The molecule has 0 spiro atoms. The van der Waals surface area contributed by atoms with Gasteiger partial charge in [0.15, 0.2) is 0 Å². The number of carboxylic acids is 1. The van der Waals surface area contributed by atoms with Crippen molar-refractivity contribution < 1.29 is 19.6 Å². The summed E-state index contributed by atoms with van der Waals surface area (Å²) in [6, 6.07) is 4.50. The van der Waals surface area contributed by atoms with Crippen LogP contribution in [0.2, 0.25) is 0 Å². The molecule has 0 aromatic heterocycles. The Balaban J connectivity index is 2.48. The van der Waals surface area contributed by atoms with E-state index in [2.05, 4.69) is 10.6 Å². The maximum atomic E-state index is 11.5. The molecule has 1 rings (SSSR count). The Hall–Kier alpha value is -2.48. The first-order valence-corrected chi connectivity index (χ1v) is 5.40. The molecule has 1 aromatic rings. The van der Waals surface area contributed by atoms with Gasteiger partial charge in [-0.25, -0.2) is 0 Å². The number of nitro benzene ring substituents is 1. The number of non-ortho nitro benzene ring substituents is 1. The lowest BCUT2D eigenvalue weighted by Crippen LogP contribution is -2.39. The van der Waals surface area contributed by atoms with Gasteiger partial charge in [0.1, 0.15) is 6.04 Å². The van der Waals surface area contributed by atoms with Crippen molar-refractivity contribution in [3.8, 4) is 0 Å². The largest absolute Gasteiger partial charge is 0.480 e. The Labute approximate surface area is 108 Å². The van der Waals surface area contributed by atoms with Crippen LogP contribution in [0.4, 0.5) is 11.4 Å². The van der Waals surface area contributed by atoms with Gasteiger partial charge in [0.25, 0.3) is 5.69 Å². The lowest BCUT2D eigenvalue weighted by atomic mass is 10.3. The maximum absolute atomic E-state index is 11.5. The molecule has 0 saturated heterocycles. The molecule has 1 amide bonds. The van der Waals surface area contributed by atoms with Crippen LogP contribution in [0.1, 0.15) is 6.92 Å². The van der Waals surface area contributed by atoms with E-state index in [1.165, 1.54) is 31.2 Å². The number of aliphatic carboxylic acids is 1. The van der Waals surface area contributed by atoms with Gasteiger partial charge in [0.2, 0.25) is 5.91 Å². The molecule has 0 aliphatic rings. The Kier molecular flexibility index (Phi) is 4.95. The summed E-state index contributed by atoms with van der Waals surface area (Å²) in [6.45, 7) is 1.26. The molecular weight excluding hydrogens is 254 g/mol. The number of benzene rings is 1. The predicted molar refractivity (Wildman–Crippen MR) is 66.8 cm³/mol. The van der Waals surface area contributed by atoms with Crippen LogP contribution < -0.4 is 10.6 Å². The van der Waals surface area contributed by atoms with Crippen LogP contribution in [0.15, 0.2) is 24.3 Å². The summed E-state index contributed by atoms with van der Waals surface area (Å²) in [5, 5.41) is 24.0. The second-order valence-electron chi connectivity index (χ2n) is 3.79. The van der Waals surface area contributed by atoms with E-state index in [4.69, 9.17) is 5.11 Å². The molecule has 0 heterocycles. The van der Waals surface area contributed by atoms with Gasteiger partial charge in [-0.15, -0.1) is 0 Å². The first-order chi connectivity index (χ1) is 8.90. The van der Waals surface area contributed by atoms with Gasteiger partial charge < -0.3 is 10.4 Å². The maximum Gasteiger partial charge on any atom is 0.320 e. The molecule has 0 aliphatic heterocycles. The number of carboxylic acid groups (broad SMARTS) is 1. The van der Waals surface area contributed by atoms with E-state index in [-0.39, 0.29) is 12.2 Å². The van der Waals surface area contributed by atoms with Crippen LogP contribution in [0.3, 0.4) is 0 Å². The molecular formula is C11H13N3O5. The van der Waals surface area contributed by atoms with Crippen molar-refractivity contribution in [2.24, 2.45) is 0 Å². The first-order valence-electron chi connectivity index (χ1n) is 5.40. The predicted octanol–water partition coefficient (Wildman–Crippen LogP) is 0.596. The van der Waals surface area contributed by atoms with Crippen molar-refractivity contribution in [2.75, 3.05) is 11.9 Å². The fraction of sp³-hybridized carbons (Fsp3) is 0.273. The molecule has 8 heteroatoms. The highest BCUT2D eigenvalue weighted by Crippen LogP contribution is 2.14. The second-order valence-corrected chi connectivity index (χ2v) is 3.79. The molecule has 0 radical (unpaired) electrons. The Morgan fingerprint density at radius 2 is 1.95 bits per heavy atom. The Bertz CT molecular complexity index is 486. The van der Waals surface area contributed by atoms with Crippen molar-refractivity contribution in [1.29, 1.82) is 0 Å². The Morgan fingerprint density at radius 3 is 2.42 bits per heavy atom. The standard InChI is InChI=1S/C11H13N3O5/c1-7(11(16)17)12-6-10(15)13-8-2-4-9(5-3-8)14(18)19/h2-5,7,12H,6H2,1H3,(H,13,15)(H,16,17)/t7-/m1/s1. The Morgan fingerprint density at radius 1 is 1.37 bits per heavy atom. The summed E-state index contributed by atoms with van der Waals surface area (Å²) in [4.78, 5) is 31.9. The van der Waals surface area contributed by atoms with E-state index in [1.54, 1.807) is 0 Å². The third kappa shape index (κ3) is 4.72. The van der Waals surface area contributed by atoms with E-state index in [1.807, 2.05) is 0 Å². The fourth-order valence-corrected chi connectivity index (χ4v) is 1.20. The molecule has 1 aromatic carbocycles. The molecule has 102 valence electrons. The SMILES string of the molecule is C[C@@H](NCC(=O)Nc1ccc([N+](=O)[O-])cc1)C(=O)O. The van der Waals surface area contributed by atoms with E-state index in [0.29, 0.717) is 5.69 Å². The lowest BCUT2D eigenvalue weighted by molar-refractivity contribution is -0.384. The summed E-state index contributed by atoms with van der Waals surface area (Å²) < 4.78 is 0. The molecule has 0 aliphatic carbocycles. The number of hydrogen-bond acceptors (Lipinski definition) is 5. The normalized spacial score (nSPS) is 11.6. The topological polar surface area (TPSA) is 122 Å². The van der Waals surface area contributed by atoms with Gasteiger partial charge in [-0.2, -0.15) is 0 Å². The van der Waals surface area contributed by atoms with E-state index in [0.717, 1.165) is 0 Å². The molecule has 0 saturated carbocycles. The summed E-state index contributed by atoms with van der Waals surface area (Å²) in [7, 11) is 0. The molecule has 0 fully saturated rings. The van der Waals surface area contributed by atoms with Crippen molar-refractivity contribution >= 4 is 23.3 Å². The summed E-state index contributed by atoms with van der Waals surface area (Å²) >= 11 is 0. The molecule has 3 N–H and O–H groups in total. The van der Waals surface area contributed by atoms with Crippen molar-refractivity contribution in [3.05, 3.63) is 34.4 Å². The molecule has 19 heavy (non-hydrogen) atoms. The minimum absolute atomic E-state index is 0.0735. The van der Waals surface area contributed by atoms with Crippen LogP contribution >= 0.6 is 0 Å². The highest BCUT2D eigenvalue weighted by atomic mass is 16.6. The number of carbonyl (C=O) groups is 2. The number of nitro groups is 1. The number of nitrogens with zero attached hydrogens (tertiary/aromatic N) is 1. The highest BCUT2D eigenvalue weighted by Gasteiger charge is 2.12. The van der Waals surface area contributed by atoms with Crippen molar-refractivity contribution in [3.63, 3.8) is 0 Å². The number of anilines is 1. The van der Waals surface area contributed by atoms with Gasteiger partial charge in [-0.1, -0.05) is 0 Å². The zero-order valence-electron chi connectivity index (χ0n) is 10.1. The minimum atomic E-state index is -1.05. The fourth-order valence-electron chi connectivity index (χ4n) is 1.20. The molecule has 0 unspecified atom stereocenters. The number of rotatable bonds is 6. The van der Waals surface area contributed by atoms with Crippen LogP contribution in [0.25, 0.3) is 0 Å². The molecule has 0 bridgehead atoms. The summed E-state index contributed by atoms with van der Waals surface area (Å²) in [5.41, 5.74) is 0.330. The third-order valence-electron chi connectivity index (χ3n) is 2.30. The monoisotopic (exact) mass is 267 g/mol. The number of amides is 1. The lowest BCUT2D eigenvalue weighted by Gasteiger charge is -2.09. The quantitative estimate of drug-likeness (QED) is 0.512. The van der Waals surface area contributed by atoms with Crippen molar-refractivity contribution in [1.82, 2.24) is 5.32 Å². The van der Waals surface area contributed by atoms with Gasteiger partial charge in [0.05, 0.1) is 11.5 Å². The zero-order chi connectivity index (χ0) is 14.4. The highest BCUT2D eigenvalue weighted by molar-refractivity contribution is 5.92. The average molecular weight is 267 g/mol. The van der Waals surface area contributed by atoms with Gasteiger partial charge in [0, 0.05) is 17.8 Å². The first kappa shape index (κ1) is 14.6. The van der Waals surface area contributed by atoms with Crippen LogP contribution in [0.5, 0.6) is 0 Å². The molecule has 8 nitrogen and oxygen atoms in total. The minimum Gasteiger partial charge on any atom is -0.480 e. The van der Waals surface area contributed by atoms with Crippen molar-refractivity contribution in [2.45, 2.75) is 13.0 Å². The average Bonchev–Trinajstić information content (AvgIpc) is 2.36. The van der Waals surface area contributed by atoms with Gasteiger partial charge >= 0.3 is 5.97 Å². The van der Waals surface area contributed by atoms with Gasteiger partial charge in [-0.3, -0.25) is 25.0 Å².